The molecule has 2 nitrogen and oxygen atoms in total. The molecule has 1 heterocycles. The van der Waals surface area contributed by atoms with E-state index < -0.39 is 0 Å². The third kappa shape index (κ3) is 2.36. The maximum Gasteiger partial charge on any atom is 0.167 e. The van der Waals surface area contributed by atoms with Gasteiger partial charge in [-0.1, -0.05) is 18.2 Å². The van der Waals surface area contributed by atoms with Gasteiger partial charge in [0.15, 0.2) is 5.78 Å². The lowest BCUT2D eigenvalue weighted by Crippen LogP contribution is -2.05. The Morgan fingerprint density at radius 1 is 1.21 bits per heavy atom. The van der Waals surface area contributed by atoms with Crippen LogP contribution < -0.4 is 5.32 Å². The number of benzene rings is 2. The van der Waals surface area contributed by atoms with E-state index in [1.165, 1.54) is 11.6 Å². The maximum absolute atomic E-state index is 13.5. The van der Waals surface area contributed by atoms with Crippen LogP contribution in [0.2, 0.25) is 0 Å². The first-order valence-electron chi connectivity index (χ1n) is 6.37. The van der Waals surface area contributed by atoms with E-state index in [2.05, 4.69) is 5.32 Å². The molecule has 3 rings (SSSR count). The minimum Gasteiger partial charge on any atom is -0.384 e. The number of hydrogen-bond acceptors (Lipinski definition) is 2. The highest BCUT2D eigenvalue weighted by atomic mass is 19.1. The minimum atomic E-state index is -0.321. The van der Waals surface area contributed by atoms with Crippen molar-refractivity contribution >= 4 is 11.5 Å². The molecular formula is C16H14FNO. The highest BCUT2D eigenvalue weighted by molar-refractivity contribution is 5.98. The number of ketones is 1. The van der Waals surface area contributed by atoms with Crippen LogP contribution in [0.1, 0.15) is 21.5 Å². The maximum atomic E-state index is 13.5. The predicted octanol–water partition coefficient (Wildman–Crippen LogP) is 3.22. The zero-order valence-electron chi connectivity index (χ0n) is 10.4. The fourth-order valence-corrected chi connectivity index (χ4v) is 2.40. The Kier molecular flexibility index (Phi) is 3.03. The molecule has 96 valence electrons. The number of rotatable bonds is 3. The van der Waals surface area contributed by atoms with Gasteiger partial charge in [-0.05, 0) is 41.8 Å². The molecule has 0 bridgehead atoms. The topological polar surface area (TPSA) is 29.1 Å². The lowest BCUT2D eigenvalue weighted by atomic mass is 10.00. The molecule has 0 aliphatic carbocycles. The Bertz CT molecular complexity index is 636. The Balaban J connectivity index is 1.83. The Labute approximate surface area is 111 Å². The molecule has 0 amide bonds. The molecule has 2 aromatic carbocycles. The summed E-state index contributed by atoms with van der Waals surface area (Å²) in [5, 5.41) is 3.25. The summed E-state index contributed by atoms with van der Waals surface area (Å²) in [6.45, 7) is 0.917. The second-order valence-electron chi connectivity index (χ2n) is 4.74. The minimum absolute atomic E-state index is 0.0419. The van der Waals surface area contributed by atoms with Crippen molar-refractivity contribution in [3.8, 4) is 0 Å². The van der Waals surface area contributed by atoms with E-state index in [-0.39, 0.29) is 18.0 Å². The van der Waals surface area contributed by atoms with Gasteiger partial charge in [0, 0.05) is 24.2 Å². The Morgan fingerprint density at radius 2 is 2.05 bits per heavy atom. The number of carbonyl (C=O) groups is 1. The van der Waals surface area contributed by atoms with Gasteiger partial charge in [-0.3, -0.25) is 4.79 Å². The number of nitrogens with one attached hydrogen (secondary N) is 1. The van der Waals surface area contributed by atoms with Crippen LogP contribution in [0.15, 0.2) is 42.5 Å². The van der Waals surface area contributed by atoms with Crippen molar-refractivity contribution in [2.24, 2.45) is 0 Å². The summed E-state index contributed by atoms with van der Waals surface area (Å²) in [5.74, 6) is -0.363. The highest BCUT2D eigenvalue weighted by Crippen LogP contribution is 2.23. The number of Topliss-reactive ketones (excluding diaryl/α,β-unsaturated/α-hetero) is 1. The lowest BCUT2D eigenvalue weighted by Gasteiger charge is -2.05. The fourth-order valence-electron chi connectivity index (χ4n) is 2.40. The molecule has 0 aromatic heterocycles. The van der Waals surface area contributed by atoms with Crippen molar-refractivity contribution in [3.63, 3.8) is 0 Å². The van der Waals surface area contributed by atoms with Crippen LogP contribution in [-0.2, 0) is 12.8 Å². The average Bonchev–Trinajstić information content (AvgIpc) is 2.88. The zero-order valence-corrected chi connectivity index (χ0v) is 10.4. The van der Waals surface area contributed by atoms with Gasteiger partial charge in [0.1, 0.15) is 5.82 Å². The second-order valence-corrected chi connectivity index (χ2v) is 4.74. The SMILES string of the molecule is O=C(Cc1ccccc1F)c1ccc2c(c1)CCN2. The number of hydrogen-bond donors (Lipinski definition) is 1. The molecule has 1 aliphatic rings. The van der Waals surface area contributed by atoms with Crippen LogP contribution >= 0.6 is 0 Å². The highest BCUT2D eigenvalue weighted by Gasteiger charge is 2.14. The largest absolute Gasteiger partial charge is 0.384 e. The van der Waals surface area contributed by atoms with E-state index in [9.17, 15) is 9.18 Å². The first kappa shape index (κ1) is 11.9. The molecule has 0 saturated heterocycles. The quantitative estimate of drug-likeness (QED) is 0.853. The first-order valence-corrected chi connectivity index (χ1v) is 6.37. The van der Waals surface area contributed by atoms with E-state index in [4.69, 9.17) is 0 Å². The molecule has 1 aliphatic heterocycles. The summed E-state index contributed by atoms with van der Waals surface area (Å²) >= 11 is 0. The van der Waals surface area contributed by atoms with E-state index >= 15 is 0 Å². The van der Waals surface area contributed by atoms with Crippen molar-refractivity contribution in [2.45, 2.75) is 12.8 Å². The van der Waals surface area contributed by atoms with Crippen molar-refractivity contribution < 1.29 is 9.18 Å². The van der Waals surface area contributed by atoms with Gasteiger partial charge in [0.2, 0.25) is 0 Å². The van der Waals surface area contributed by atoms with E-state index in [1.54, 1.807) is 24.3 Å². The van der Waals surface area contributed by atoms with E-state index in [0.29, 0.717) is 11.1 Å². The molecular weight excluding hydrogens is 241 g/mol. The van der Waals surface area contributed by atoms with Crippen LogP contribution in [-0.4, -0.2) is 12.3 Å². The molecule has 19 heavy (non-hydrogen) atoms. The van der Waals surface area contributed by atoms with Crippen LogP contribution in [0.3, 0.4) is 0 Å². The van der Waals surface area contributed by atoms with Gasteiger partial charge in [0.05, 0.1) is 0 Å². The fraction of sp³-hybridized carbons (Fsp3) is 0.188. The summed E-state index contributed by atoms with van der Waals surface area (Å²) in [6.07, 6.45) is 1.05. The summed E-state index contributed by atoms with van der Waals surface area (Å²) in [4.78, 5) is 12.2. The molecule has 3 heteroatoms. The normalized spacial score (nSPS) is 12.9. The summed E-state index contributed by atoms with van der Waals surface area (Å²) < 4.78 is 13.5. The molecule has 0 radical (unpaired) electrons. The second kappa shape index (κ2) is 4.84. The first-order chi connectivity index (χ1) is 9.24. The van der Waals surface area contributed by atoms with Gasteiger partial charge >= 0.3 is 0 Å². The molecule has 0 atom stereocenters. The third-order valence-corrected chi connectivity index (χ3v) is 3.45. The average molecular weight is 255 g/mol. The summed E-state index contributed by atoms with van der Waals surface area (Å²) in [5.41, 5.74) is 3.37. The number of carbonyl (C=O) groups excluding carboxylic acids is 1. The van der Waals surface area contributed by atoms with Crippen LogP contribution in [0.4, 0.5) is 10.1 Å². The van der Waals surface area contributed by atoms with Crippen LogP contribution in [0, 0.1) is 5.82 Å². The monoisotopic (exact) mass is 255 g/mol. The predicted molar refractivity (Wildman–Crippen MR) is 73.1 cm³/mol. The van der Waals surface area contributed by atoms with Crippen LogP contribution in [0.25, 0.3) is 0 Å². The molecule has 1 N–H and O–H groups in total. The smallest absolute Gasteiger partial charge is 0.167 e. The summed E-state index contributed by atoms with van der Waals surface area (Å²) in [7, 11) is 0. The van der Waals surface area contributed by atoms with Gasteiger partial charge in [0.25, 0.3) is 0 Å². The van der Waals surface area contributed by atoms with Crippen molar-refractivity contribution in [1.82, 2.24) is 0 Å². The van der Waals surface area contributed by atoms with Crippen LogP contribution in [0.5, 0.6) is 0 Å². The third-order valence-electron chi connectivity index (χ3n) is 3.45. The van der Waals surface area contributed by atoms with Gasteiger partial charge in [-0.2, -0.15) is 0 Å². The van der Waals surface area contributed by atoms with E-state index in [0.717, 1.165) is 18.7 Å². The number of anilines is 1. The number of halogens is 1. The number of fused-ring (bicyclic) bond motifs is 1. The van der Waals surface area contributed by atoms with Gasteiger partial charge in [-0.25, -0.2) is 4.39 Å². The van der Waals surface area contributed by atoms with Gasteiger partial charge in [-0.15, -0.1) is 0 Å². The van der Waals surface area contributed by atoms with Crippen molar-refractivity contribution in [2.75, 3.05) is 11.9 Å². The summed E-state index contributed by atoms with van der Waals surface area (Å²) in [6, 6.07) is 12.1. The molecule has 0 unspecified atom stereocenters. The molecule has 0 fully saturated rings. The molecule has 0 saturated carbocycles. The van der Waals surface area contributed by atoms with Crippen molar-refractivity contribution in [1.29, 1.82) is 0 Å². The Morgan fingerprint density at radius 3 is 2.89 bits per heavy atom. The zero-order chi connectivity index (χ0) is 13.2. The molecule has 2 aromatic rings. The van der Waals surface area contributed by atoms with E-state index in [1.807, 2.05) is 12.1 Å². The van der Waals surface area contributed by atoms with Gasteiger partial charge < -0.3 is 5.32 Å². The standard InChI is InChI=1S/C16H14FNO/c17-14-4-2-1-3-11(14)10-16(19)13-5-6-15-12(9-13)7-8-18-15/h1-6,9,18H,7-8,10H2. The Hall–Kier alpha value is -2.16. The van der Waals surface area contributed by atoms with Crippen molar-refractivity contribution in [3.05, 3.63) is 65.0 Å². The molecule has 0 spiro atoms. The lowest BCUT2D eigenvalue weighted by molar-refractivity contribution is 0.0992.